The van der Waals surface area contributed by atoms with E-state index < -0.39 is 0 Å². The van der Waals surface area contributed by atoms with Gasteiger partial charge >= 0.3 is 0 Å². The zero-order chi connectivity index (χ0) is 13.1. The summed E-state index contributed by atoms with van der Waals surface area (Å²) >= 11 is 0. The molecular formula is C15H16N2O. The third-order valence-corrected chi connectivity index (χ3v) is 3.00. The molecule has 3 nitrogen and oxygen atoms in total. The number of amides is 1. The smallest absolute Gasteiger partial charge is 0.257 e. The Morgan fingerprint density at radius 2 is 1.72 bits per heavy atom. The third-order valence-electron chi connectivity index (χ3n) is 3.00. The largest absolute Gasteiger partial charge is 0.321 e. The lowest BCUT2D eigenvalue weighted by atomic mass is 10.1. The number of aromatic nitrogens is 1. The van der Waals surface area contributed by atoms with Crippen molar-refractivity contribution in [2.45, 2.75) is 20.8 Å². The van der Waals surface area contributed by atoms with Crippen LogP contribution in [0.2, 0.25) is 0 Å². The second kappa shape index (κ2) is 5.00. The molecule has 1 N–H and O–H groups in total. The summed E-state index contributed by atoms with van der Waals surface area (Å²) in [5.41, 5.74) is 4.54. The van der Waals surface area contributed by atoms with Crippen molar-refractivity contribution < 1.29 is 4.79 Å². The van der Waals surface area contributed by atoms with Gasteiger partial charge in [0.15, 0.2) is 0 Å². The molecule has 0 spiro atoms. The third kappa shape index (κ3) is 2.40. The van der Waals surface area contributed by atoms with Gasteiger partial charge in [0.05, 0.1) is 5.56 Å². The minimum Gasteiger partial charge on any atom is -0.321 e. The fourth-order valence-corrected chi connectivity index (χ4v) is 1.89. The Morgan fingerprint density at radius 1 is 1.06 bits per heavy atom. The van der Waals surface area contributed by atoms with Crippen LogP contribution in [-0.4, -0.2) is 10.9 Å². The summed E-state index contributed by atoms with van der Waals surface area (Å²) in [4.78, 5) is 16.2. The van der Waals surface area contributed by atoms with E-state index in [4.69, 9.17) is 0 Å². The van der Waals surface area contributed by atoms with E-state index in [1.54, 1.807) is 12.4 Å². The highest BCUT2D eigenvalue weighted by Crippen LogP contribution is 2.20. The van der Waals surface area contributed by atoms with Gasteiger partial charge in [0.25, 0.3) is 5.91 Å². The molecule has 1 aromatic heterocycles. The van der Waals surface area contributed by atoms with Crippen LogP contribution >= 0.6 is 0 Å². The van der Waals surface area contributed by atoms with Gasteiger partial charge in [-0.25, -0.2) is 0 Å². The van der Waals surface area contributed by atoms with E-state index in [0.29, 0.717) is 5.56 Å². The summed E-state index contributed by atoms with van der Waals surface area (Å²) in [6.07, 6.45) is 3.28. The Hall–Kier alpha value is -2.16. The van der Waals surface area contributed by atoms with Crippen LogP contribution in [0.3, 0.4) is 0 Å². The Kier molecular flexibility index (Phi) is 3.42. The SMILES string of the molecule is Cc1ccncc1C(=O)Nc1c(C)cccc1C. The van der Waals surface area contributed by atoms with Gasteiger partial charge in [-0.1, -0.05) is 18.2 Å². The average Bonchev–Trinajstić information content (AvgIpc) is 2.34. The topological polar surface area (TPSA) is 42.0 Å². The fourth-order valence-electron chi connectivity index (χ4n) is 1.89. The van der Waals surface area contributed by atoms with Gasteiger partial charge < -0.3 is 5.32 Å². The van der Waals surface area contributed by atoms with E-state index in [-0.39, 0.29) is 5.91 Å². The highest BCUT2D eigenvalue weighted by molar-refractivity contribution is 6.05. The average molecular weight is 240 g/mol. The normalized spacial score (nSPS) is 10.2. The van der Waals surface area contributed by atoms with Gasteiger partial charge in [0.2, 0.25) is 0 Å². The van der Waals surface area contributed by atoms with Gasteiger partial charge in [0.1, 0.15) is 0 Å². The number of nitrogens with zero attached hydrogens (tertiary/aromatic N) is 1. The van der Waals surface area contributed by atoms with Crippen molar-refractivity contribution in [3.63, 3.8) is 0 Å². The minimum atomic E-state index is -0.113. The summed E-state index contributed by atoms with van der Waals surface area (Å²) in [7, 11) is 0. The number of pyridine rings is 1. The van der Waals surface area contributed by atoms with Crippen LogP contribution in [0.1, 0.15) is 27.0 Å². The van der Waals surface area contributed by atoms with Crippen molar-refractivity contribution >= 4 is 11.6 Å². The molecule has 0 bridgehead atoms. The first kappa shape index (κ1) is 12.3. The van der Waals surface area contributed by atoms with Gasteiger partial charge in [0, 0.05) is 18.1 Å². The number of anilines is 1. The first-order chi connectivity index (χ1) is 8.59. The molecule has 0 saturated carbocycles. The first-order valence-electron chi connectivity index (χ1n) is 5.88. The van der Waals surface area contributed by atoms with Crippen molar-refractivity contribution in [1.82, 2.24) is 4.98 Å². The molecule has 1 heterocycles. The second-order valence-electron chi connectivity index (χ2n) is 4.41. The highest BCUT2D eigenvalue weighted by Gasteiger charge is 2.11. The predicted octanol–water partition coefficient (Wildman–Crippen LogP) is 3.26. The second-order valence-corrected chi connectivity index (χ2v) is 4.41. The number of nitrogens with one attached hydrogen (secondary N) is 1. The number of benzene rings is 1. The fraction of sp³-hybridized carbons (Fsp3) is 0.200. The zero-order valence-corrected chi connectivity index (χ0v) is 10.8. The molecule has 0 aliphatic heterocycles. The maximum atomic E-state index is 12.2. The van der Waals surface area contributed by atoms with E-state index in [2.05, 4.69) is 10.3 Å². The molecule has 2 aromatic rings. The van der Waals surface area contributed by atoms with Crippen LogP contribution in [0.5, 0.6) is 0 Å². The number of para-hydroxylation sites is 1. The molecular weight excluding hydrogens is 224 g/mol. The molecule has 0 fully saturated rings. The van der Waals surface area contributed by atoms with Crippen molar-refractivity contribution in [3.8, 4) is 0 Å². The number of carbonyl (C=O) groups excluding carboxylic acids is 1. The lowest BCUT2D eigenvalue weighted by molar-refractivity contribution is 0.102. The lowest BCUT2D eigenvalue weighted by Gasteiger charge is -2.12. The van der Waals surface area contributed by atoms with E-state index in [1.807, 2.05) is 45.0 Å². The Bertz CT molecular complexity index is 571. The van der Waals surface area contributed by atoms with Crippen LogP contribution in [-0.2, 0) is 0 Å². The predicted molar refractivity (Wildman–Crippen MR) is 72.8 cm³/mol. The van der Waals surface area contributed by atoms with Crippen LogP contribution in [0, 0.1) is 20.8 Å². The Morgan fingerprint density at radius 3 is 2.33 bits per heavy atom. The van der Waals surface area contributed by atoms with E-state index in [0.717, 1.165) is 22.4 Å². The van der Waals surface area contributed by atoms with E-state index >= 15 is 0 Å². The van der Waals surface area contributed by atoms with Gasteiger partial charge in [-0.3, -0.25) is 9.78 Å². The summed E-state index contributed by atoms with van der Waals surface area (Å²) in [5.74, 6) is -0.113. The van der Waals surface area contributed by atoms with Crippen molar-refractivity contribution in [2.75, 3.05) is 5.32 Å². The molecule has 18 heavy (non-hydrogen) atoms. The molecule has 0 unspecified atom stereocenters. The van der Waals surface area contributed by atoms with Crippen molar-refractivity contribution in [2.24, 2.45) is 0 Å². The molecule has 1 aromatic carbocycles. The van der Waals surface area contributed by atoms with E-state index in [1.165, 1.54) is 0 Å². The Balaban J connectivity index is 2.30. The molecule has 0 aliphatic rings. The van der Waals surface area contributed by atoms with E-state index in [9.17, 15) is 4.79 Å². The number of hydrogen-bond donors (Lipinski definition) is 1. The summed E-state index contributed by atoms with van der Waals surface area (Å²) < 4.78 is 0. The molecule has 0 aliphatic carbocycles. The van der Waals surface area contributed by atoms with Crippen molar-refractivity contribution in [3.05, 3.63) is 58.9 Å². The lowest BCUT2D eigenvalue weighted by Crippen LogP contribution is -2.15. The van der Waals surface area contributed by atoms with Crippen LogP contribution in [0.15, 0.2) is 36.7 Å². The summed E-state index contributed by atoms with van der Waals surface area (Å²) in [5, 5.41) is 2.96. The summed E-state index contributed by atoms with van der Waals surface area (Å²) in [6.45, 7) is 5.87. The van der Waals surface area contributed by atoms with Gasteiger partial charge in [-0.05, 0) is 43.5 Å². The molecule has 0 radical (unpaired) electrons. The standard InChI is InChI=1S/C15H16N2O/c1-10-7-8-16-9-13(10)15(18)17-14-11(2)5-4-6-12(14)3/h4-9H,1-3H3,(H,17,18). The number of rotatable bonds is 2. The number of aryl methyl sites for hydroxylation is 3. The quantitative estimate of drug-likeness (QED) is 0.875. The highest BCUT2D eigenvalue weighted by atomic mass is 16.1. The maximum absolute atomic E-state index is 12.2. The molecule has 0 saturated heterocycles. The first-order valence-corrected chi connectivity index (χ1v) is 5.88. The number of carbonyl (C=O) groups is 1. The minimum absolute atomic E-state index is 0.113. The van der Waals surface area contributed by atoms with Crippen molar-refractivity contribution in [1.29, 1.82) is 0 Å². The maximum Gasteiger partial charge on any atom is 0.257 e. The van der Waals surface area contributed by atoms with Gasteiger partial charge in [-0.15, -0.1) is 0 Å². The molecule has 2 rings (SSSR count). The monoisotopic (exact) mass is 240 g/mol. The summed E-state index contributed by atoms with van der Waals surface area (Å²) in [6, 6.07) is 7.78. The molecule has 3 heteroatoms. The Labute approximate surface area is 107 Å². The number of hydrogen-bond acceptors (Lipinski definition) is 2. The van der Waals surface area contributed by atoms with Crippen LogP contribution in [0.25, 0.3) is 0 Å². The molecule has 92 valence electrons. The molecule has 1 amide bonds. The van der Waals surface area contributed by atoms with Gasteiger partial charge in [-0.2, -0.15) is 0 Å². The zero-order valence-electron chi connectivity index (χ0n) is 10.8. The molecule has 0 atom stereocenters. The van der Waals surface area contributed by atoms with Crippen LogP contribution < -0.4 is 5.32 Å². The van der Waals surface area contributed by atoms with Crippen LogP contribution in [0.4, 0.5) is 5.69 Å².